The van der Waals surface area contributed by atoms with Gasteiger partial charge in [-0.3, -0.25) is 4.79 Å². The highest BCUT2D eigenvalue weighted by atomic mass is 35.5. The van der Waals surface area contributed by atoms with Crippen molar-refractivity contribution < 1.29 is 14.7 Å². The Hall–Kier alpha value is -2.04. The Morgan fingerprint density at radius 1 is 1.00 bits per heavy atom. The van der Waals surface area contributed by atoms with Crippen LogP contribution in [0.4, 0.5) is 5.69 Å². The van der Waals surface area contributed by atoms with E-state index in [1.54, 1.807) is 6.07 Å². The summed E-state index contributed by atoms with van der Waals surface area (Å²) >= 11 is 11.7. The Morgan fingerprint density at radius 3 is 2.20 bits per heavy atom. The highest BCUT2D eigenvalue weighted by molar-refractivity contribution is 6.37. The summed E-state index contributed by atoms with van der Waals surface area (Å²) in [4.78, 5) is 22.6. The molecule has 2 aromatic carbocycles. The van der Waals surface area contributed by atoms with Gasteiger partial charge in [0.1, 0.15) is 0 Å². The molecule has 1 amide bonds. The van der Waals surface area contributed by atoms with Crippen molar-refractivity contribution >= 4 is 40.8 Å². The van der Waals surface area contributed by atoms with Crippen LogP contribution in [0.25, 0.3) is 0 Å². The molecule has 0 spiro atoms. The molecule has 0 radical (unpaired) electrons. The van der Waals surface area contributed by atoms with Crippen LogP contribution in [0.3, 0.4) is 0 Å². The number of hydrogen-bond donors (Lipinski definition) is 1. The summed E-state index contributed by atoms with van der Waals surface area (Å²) in [5, 5.41) is 13.9. The predicted molar refractivity (Wildman–Crippen MR) is 75.2 cm³/mol. The first-order chi connectivity index (χ1) is 9.47. The van der Waals surface area contributed by atoms with Gasteiger partial charge < -0.3 is 15.2 Å². The number of rotatable bonds is 3. The summed E-state index contributed by atoms with van der Waals surface area (Å²) < 4.78 is 0. The first kappa shape index (κ1) is 14.4. The quantitative estimate of drug-likeness (QED) is 0.947. The van der Waals surface area contributed by atoms with Gasteiger partial charge in [0.25, 0.3) is 5.91 Å². The Labute approximate surface area is 124 Å². The lowest BCUT2D eigenvalue weighted by atomic mass is 10.2. The summed E-state index contributed by atoms with van der Waals surface area (Å²) in [5.74, 6) is -1.68. The average molecular weight is 309 g/mol. The maximum absolute atomic E-state index is 12.0. The molecule has 0 bridgehead atoms. The van der Waals surface area contributed by atoms with E-state index in [1.165, 1.54) is 36.4 Å². The normalized spacial score (nSPS) is 10.1. The predicted octanol–water partition coefficient (Wildman–Crippen LogP) is 2.61. The van der Waals surface area contributed by atoms with E-state index in [-0.39, 0.29) is 16.1 Å². The van der Waals surface area contributed by atoms with E-state index in [2.05, 4.69) is 5.32 Å². The molecule has 2 rings (SSSR count). The molecule has 0 fully saturated rings. The van der Waals surface area contributed by atoms with Crippen LogP contribution in [0.15, 0.2) is 42.5 Å². The summed E-state index contributed by atoms with van der Waals surface area (Å²) in [7, 11) is 0. The Kier molecular flexibility index (Phi) is 4.27. The van der Waals surface area contributed by atoms with Gasteiger partial charge in [0.05, 0.1) is 16.6 Å². The lowest BCUT2D eigenvalue weighted by Crippen LogP contribution is -2.22. The second-order valence-corrected chi connectivity index (χ2v) is 4.79. The minimum absolute atomic E-state index is 0.0347. The van der Waals surface area contributed by atoms with Crippen molar-refractivity contribution in [3.05, 3.63) is 63.6 Å². The summed E-state index contributed by atoms with van der Waals surface area (Å²) in [6.45, 7) is 0. The fourth-order valence-electron chi connectivity index (χ4n) is 1.56. The number of carboxylic acids is 1. The Bertz CT molecular complexity index is 669. The van der Waals surface area contributed by atoms with E-state index < -0.39 is 11.9 Å². The highest BCUT2D eigenvalue weighted by Gasteiger charge is 2.10. The van der Waals surface area contributed by atoms with Crippen molar-refractivity contribution in [1.29, 1.82) is 0 Å². The number of hydrogen-bond acceptors (Lipinski definition) is 3. The summed E-state index contributed by atoms with van der Waals surface area (Å²) in [6.07, 6.45) is 0. The molecule has 0 unspecified atom stereocenters. The van der Waals surface area contributed by atoms with Gasteiger partial charge in [-0.2, -0.15) is 0 Å². The van der Waals surface area contributed by atoms with Gasteiger partial charge in [0.15, 0.2) is 0 Å². The second kappa shape index (κ2) is 5.94. The van der Waals surface area contributed by atoms with Gasteiger partial charge >= 0.3 is 0 Å². The van der Waals surface area contributed by atoms with Crippen LogP contribution < -0.4 is 10.4 Å². The van der Waals surface area contributed by atoms with E-state index in [9.17, 15) is 14.7 Å². The van der Waals surface area contributed by atoms with Crippen molar-refractivity contribution in [1.82, 2.24) is 0 Å². The zero-order valence-electron chi connectivity index (χ0n) is 10.0. The molecule has 4 nitrogen and oxygen atoms in total. The first-order valence-electron chi connectivity index (χ1n) is 5.55. The molecule has 0 aliphatic heterocycles. The molecule has 0 saturated carbocycles. The molecule has 0 aliphatic carbocycles. The number of aromatic carboxylic acids is 1. The zero-order chi connectivity index (χ0) is 14.7. The molecule has 0 saturated heterocycles. The molecule has 2 aromatic rings. The third-order valence-corrected chi connectivity index (χ3v) is 3.10. The number of anilines is 1. The Morgan fingerprint density at radius 2 is 1.65 bits per heavy atom. The maximum Gasteiger partial charge on any atom is 0.257 e. The van der Waals surface area contributed by atoms with Gasteiger partial charge in [-0.05, 0) is 35.9 Å². The molecular weight excluding hydrogens is 301 g/mol. The summed E-state index contributed by atoms with van der Waals surface area (Å²) in [6, 6.07) is 10.1. The number of halogens is 2. The van der Waals surface area contributed by atoms with E-state index in [4.69, 9.17) is 23.2 Å². The molecule has 0 atom stereocenters. The highest BCUT2D eigenvalue weighted by Crippen LogP contribution is 2.22. The van der Waals surface area contributed by atoms with Crippen LogP contribution in [-0.4, -0.2) is 11.9 Å². The molecule has 1 N–H and O–H groups in total. The monoisotopic (exact) mass is 308 g/mol. The van der Waals surface area contributed by atoms with Gasteiger partial charge in [-0.15, -0.1) is 0 Å². The topological polar surface area (TPSA) is 69.2 Å². The molecule has 102 valence electrons. The number of benzene rings is 2. The first-order valence-corrected chi connectivity index (χ1v) is 6.31. The van der Waals surface area contributed by atoms with Crippen LogP contribution >= 0.6 is 23.2 Å². The van der Waals surface area contributed by atoms with E-state index in [1.807, 2.05) is 0 Å². The molecule has 20 heavy (non-hydrogen) atoms. The van der Waals surface area contributed by atoms with Crippen molar-refractivity contribution in [3.63, 3.8) is 0 Å². The van der Waals surface area contributed by atoms with Gasteiger partial charge in [-0.1, -0.05) is 35.3 Å². The molecular formula is C14H8Cl2NO3-. The SMILES string of the molecule is O=C([O-])c1ccc(NC(=O)c2ccc(Cl)cc2Cl)cc1. The van der Waals surface area contributed by atoms with E-state index >= 15 is 0 Å². The van der Waals surface area contributed by atoms with E-state index in [0.717, 1.165) is 0 Å². The lowest BCUT2D eigenvalue weighted by Gasteiger charge is -2.08. The number of carbonyl (C=O) groups excluding carboxylic acids is 2. The van der Waals surface area contributed by atoms with Crippen molar-refractivity contribution in [3.8, 4) is 0 Å². The second-order valence-electron chi connectivity index (χ2n) is 3.94. The van der Waals surface area contributed by atoms with Gasteiger partial charge in [0, 0.05) is 10.7 Å². The van der Waals surface area contributed by atoms with Crippen LogP contribution in [0.1, 0.15) is 20.7 Å². The smallest absolute Gasteiger partial charge is 0.257 e. The average Bonchev–Trinajstić information content (AvgIpc) is 2.39. The van der Waals surface area contributed by atoms with Crippen LogP contribution in [-0.2, 0) is 0 Å². The largest absolute Gasteiger partial charge is 0.545 e. The molecule has 6 heteroatoms. The fourth-order valence-corrected chi connectivity index (χ4v) is 2.06. The van der Waals surface area contributed by atoms with Crippen molar-refractivity contribution in [2.24, 2.45) is 0 Å². The van der Waals surface area contributed by atoms with Crippen LogP contribution in [0.2, 0.25) is 10.0 Å². The summed E-state index contributed by atoms with van der Waals surface area (Å²) in [5.41, 5.74) is 0.763. The van der Waals surface area contributed by atoms with E-state index in [0.29, 0.717) is 10.7 Å². The minimum Gasteiger partial charge on any atom is -0.545 e. The minimum atomic E-state index is -1.27. The van der Waals surface area contributed by atoms with Gasteiger partial charge in [-0.25, -0.2) is 0 Å². The maximum atomic E-state index is 12.0. The standard InChI is InChI=1S/C14H9Cl2NO3/c15-9-3-6-11(12(16)7-9)13(18)17-10-4-1-8(2-5-10)14(19)20/h1-7H,(H,17,18)(H,19,20)/p-1. The number of carbonyl (C=O) groups is 2. The Balaban J connectivity index is 2.17. The molecule has 0 heterocycles. The molecule has 0 aliphatic rings. The zero-order valence-corrected chi connectivity index (χ0v) is 11.5. The number of carboxylic acid groups (broad SMARTS) is 1. The third kappa shape index (κ3) is 3.29. The van der Waals surface area contributed by atoms with Crippen molar-refractivity contribution in [2.75, 3.05) is 5.32 Å². The molecule has 0 aromatic heterocycles. The van der Waals surface area contributed by atoms with Crippen LogP contribution in [0, 0.1) is 0 Å². The van der Waals surface area contributed by atoms with Crippen molar-refractivity contribution in [2.45, 2.75) is 0 Å². The number of nitrogens with one attached hydrogen (secondary N) is 1. The third-order valence-electron chi connectivity index (χ3n) is 2.55. The number of amides is 1. The lowest BCUT2D eigenvalue weighted by molar-refractivity contribution is -0.255. The fraction of sp³-hybridized carbons (Fsp3) is 0. The van der Waals surface area contributed by atoms with Crippen LogP contribution in [0.5, 0.6) is 0 Å². The van der Waals surface area contributed by atoms with Gasteiger partial charge in [0.2, 0.25) is 0 Å².